The summed E-state index contributed by atoms with van der Waals surface area (Å²) in [7, 11) is 0. The molecule has 0 N–H and O–H groups in total. The molecule has 4 nitrogen and oxygen atoms in total. The van der Waals surface area contributed by atoms with Crippen LogP contribution in [0.2, 0.25) is 0 Å². The molecule has 0 saturated carbocycles. The molecule has 1 aromatic heterocycles. The van der Waals surface area contributed by atoms with Crippen LogP contribution in [0.25, 0.3) is 11.1 Å². The molecule has 0 amide bonds. The third-order valence-electron chi connectivity index (χ3n) is 7.03. The highest BCUT2D eigenvalue weighted by Crippen LogP contribution is 2.44. The van der Waals surface area contributed by atoms with Gasteiger partial charge in [-0.2, -0.15) is 13.2 Å². The van der Waals surface area contributed by atoms with E-state index in [9.17, 15) is 22.8 Å². The van der Waals surface area contributed by atoms with Crippen LogP contribution in [0.5, 0.6) is 5.75 Å². The lowest BCUT2D eigenvalue weighted by molar-refractivity contribution is -0.138. The van der Waals surface area contributed by atoms with Gasteiger partial charge in [0, 0.05) is 28.2 Å². The van der Waals surface area contributed by atoms with E-state index in [0.29, 0.717) is 4.90 Å². The fourth-order valence-corrected chi connectivity index (χ4v) is 7.42. The molecular formula is C32H26F5NO3S2. The molecule has 43 heavy (non-hydrogen) atoms. The van der Waals surface area contributed by atoms with E-state index in [4.69, 9.17) is 4.74 Å². The molecule has 0 saturated heterocycles. The minimum atomic E-state index is -4.84. The standard InChI is InChI=1S/C32H26F5NO3S2/c1-17(2)41-26-14-7-11-20(28(26)34)27-18(3)21(15-22-23(32(35,36)37)12-8-13-24(22)33)30-38(29(27)39)25(16-42-30)31(40)43-19-9-5-4-6-10-19/h4-14,17,25H,15-16H2,1-3H3. The molecule has 1 aliphatic rings. The van der Waals surface area contributed by atoms with Crippen molar-refractivity contribution in [2.75, 3.05) is 5.75 Å². The zero-order chi connectivity index (χ0) is 31.1. The molecule has 1 aliphatic heterocycles. The number of hydrogen-bond donors (Lipinski definition) is 0. The van der Waals surface area contributed by atoms with Gasteiger partial charge in [-0.1, -0.05) is 36.4 Å². The number of fused-ring (bicyclic) bond motifs is 1. The Hall–Kier alpha value is -3.57. The summed E-state index contributed by atoms with van der Waals surface area (Å²) in [6.45, 7) is 4.93. The minimum absolute atomic E-state index is 0.103. The van der Waals surface area contributed by atoms with Crippen LogP contribution in [0, 0.1) is 18.6 Å². The highest BCUT2D eigenvalue weighted by Gasteiger charge is 2.38. The van der Waals surface area contributed by atoms with Crippen molar-refractivity contribution in [1.82, 2.24) is 4.57 Å². The van der Waals surface area contributed by atoms with Crippen molar-refractivity contribution < 1.29 is 31.5 Å². The summed E-state index contributed by atoms with van der Waals surface area (Å²) in [5, 5.41) is -0.107. The Bertz CT molecular complexity index is 1750. The number of hydrogen-bond acceptors (Lipinski definition) is 5. The Morgan fingerprint density at radius 1 is 1.02 bits per heavy atom. The first kappa shape index (κ1) is 30.9. The topological polar surface area (TPSA) is 48.3 Å². The SMILES string of the molecule is Cc1c(Cc2c(F)cccc2C(F)(F)F)c2n(c(=O)c1-c1cccc(OC(C)C)c1F)C(C(=O)Sc1ccccc1)CS2. The fraction of sp³-hybridized carbons (Fsp3) is 0.250. The molecule has 0 spiro atoms. The van der Waals surface area contributed by atoms with Crippen LogP contribution in [0.15, 0.2) is 81.4 Å². The molecule has 2 heterocycles. The van der Waals surface area contributed by atoms with Crippen LogP contribution in [0.3, 0.4) is 0 Å². The second-order valence-corrected chi connectivity index (χ2v) is 12.3. The molecule has 224 valence electrons. The molecule has 0 aliphatic carbocycles. The summed E-state index contributed by atoms with van der Waals surface area (Å²) in [6, 6.07) is 14.8. The summed E-state index contributed by atoms with van der Waals surface area (Å²) in [6.07, 6.45) is -5.74. The molecule has 1 atom stereocenters. The molecule has 4 aromatic rings. The maximum Gasteiger partial charge on any atom is 0.416 e. The van der Waals surface area contributed by atoms with Gasteiger partial charge in [0.25, 0.3) is 5.56 Å². The molecule has 0 fully saturated rings. The number of halogens is 5. The Kier molecular flexibility index (Phi) is 8.76. The highest BCUT2D eigenvalue weighted by atomic mass is 32.2. The number of ether oxygens (including phenoxy) is 1. The molecule has 0 radical (unpaired) electrons. The van der Waals surface area contributed by atoms with E-state index >= 15 is 8.78 Å². The van der Waals surface area contributed by atoms with E-state index in [1.807, 2.05) is 0 Å². The number of carbonyl (C=O) groups excluding carboxylic acids is 1. The number of alkyl halides is 3. The van der Waals surface area contributed by atoms with Gasteiger partial charge >= 0.3 is 6.18 Å². The molecule has 1 unspecified atom stereocenters. The monoisotopic (exact) mass is 631 g/mol. The third kappa shape index (κ3) is 6.10. The van der Waals surface area contributed by atoms with Gasteiger partial charge in [-0.05, 0) is 74.0 Å². The van der Waals surface area contributed by atoms with Gasteiger partial charge in [-0.3, -0.25) is 14.2 Å². The predicted molar refractivity (Wildman–Crippen MR) is 158 cm³/mol. The average Bonchev–Trinajstić information content (AvgIpc) is 3.39. The Labute approximate surface area is 253 Å². The minimum Gasteiger partial charge on any atom is -0.488 e. The second-order valence-electron chi connectivity index (χ2n) is 10.2. The highest BCUT2D eigenvalue weighted by molar-refractivity contribution is 8.13. The van der Waals surface area contributed by atoms with Crippen molar-refractivity contribution in [2.45, 2.75) is 55.4 Å². The number of pyridine rings is 1. The molecule has 0 bridgehead atoms. The first-order chi connectivity index (χ1) is 20.4. The summed E-state index contributed by atoms with van der Waals surface area (Å²) >= 11 is 2.07. The van der Waals surface area contributed by atoms with Gasteiger partial charge in [0.1, 0.15) is 11.9 Å². The summed E-state index contributed by atoms with van der Waals surface area (Å²) in [4.78, 5) is 28.3. The van der Waals surface area contributed by atoms with E-state index in [-0.39, 0.29) is 50.0 Å². The first-order valence-corrected chi connectivity index (χ1v) is 15.2. The van der Waals surface area contributed by atoms with Crippen molar-refractivity contribution >= 4 is 28.6 Å². The van der Waals surface area contributed by atoms with Crippen molar-refractivity contribution in [3.8, 4) is 16.9 Å². The molecule has 11 heteroatoms. The van der Waals surface area contributed by atoms with Gasteiger partial charge in [0.2, 0.25) is 5.12 Å². The smallest absolute Gasteiger partial charge is 0.416 e. The zero-order valence-electron chi connectivity index (χ0n) is 23.3. The Morgan fingerprint density at radius 3 is 2.40 bits per heavy atom. The lowest BCUT2D eigenvalue weighted by Crippen LogP contribution is -2.30. The average molecular weight is 632 g/mol. The fourth-order valence-electron chi connectivity index (χ4n) is 5.10. The third-order valence-corrected chi connectivity index (χ3v) is 9.21. The maximum atomic E-state index is 15.9. The Balaban J connectivity index is 1.74. The lowest BCUT2D eigenvalue weighted by atomic mass is 9.92. The predicted octanol–water partition coefficient (Wildman–Crippen LogP) is 8.46. The molecular weight excluding hydrogens is 605 g/mol. The summed E-state index contributed by atoms with van der Waals surface area (Å²) in [5.74, 6) is -1.86. The van der Waals surface area contributed by atoms with E-state index < -0.39 is 47.0 Å². The number of thioether (sulfide) groups is 2. The first-order valence-electron chi connectivity index (χ1n) is 13.4. The zero-order valence-corrected chi connectivity index (χ0v) is 24.9. The van der Waals surface area contributed by atoms with Gasteiger partial charge < -0.3 is 4.74 Å². The quantitative estimate of drug-likeness (QED) is 0.151. The number of aromatic nitrogens is 1. The van der Waals surface area contributed by atoms with Gasteiger partial charge in [0.15, 0.2) is 11.6 Å². The van der Waals surface area contributed by atoms with Crippen LogP contribution in [0.1, 0.15) is 42.1 Å². The lowest BCUT2D eigenvalue weighted by Gasteiger charge is -2.22. The summed E-state index contributed by atoms with van der Waals surface area (Å²) in [5.41, 5.74) is -2.25. The second kappa shape index (κ2) is 12.2. The van der Waals surface area contributed by atoms with Crippen molar-refractivity contribution in [2.24, 2.45) is 0 Å². The van der Waals surface area contributed by atoms with Crippen LogP contribution >= 0.6 is 23.5 Å². The van der Waals surface area contributed by atoms with Crippen LogP contribution in [-0.2, 0) is 17.4 Å². The van der Waals surface area contributed by atoms with Crippen LogP contribution in [0.4, 0.5) is 22.0 Å². The van der Waals surface area contributed by atoms with Crippen LogP contribution in [-0.4, -0.2) is 21.5 Å². The van der Waals surface area contributed by atoms with Crippen molar-refractivity contribution in [3.63, 3.8) is 0 Å². The van der Waals surface area contributed by atoms with Gasteiger partial charge in [-0.25, -0.2) is 8.78 Å². The number of nitrogens with zero attached hydrogens (tertiary/aromatic N) is 1. The van der Waals surface area contributed by atoms with Gasteiger partial charge in [-0.15, -0.1) is 11.8 Å². The normalized spacial score (nSPS) is 14.7. The van der Waals surface area contributed by atoms with Gasteiger partial charge in [0.05, 0.1) is 22.3 Å². The van der Waals surface area contributed by atoms with E-state index in [1.165, 1.54) is 29.7 Å². The number of benzene rings is 3. The van der Waals surface area contributed by atoms with Crippen molar-refractivity contribution in [3.05, 3.63) is 111 Å². The van der Waals surface area contributed by atoms with E-state index in [0.717, 1.165) is 41.7 Å². The maximum absolute atomic E-state index is 15.9. The molecule has 5 rings (SSSR count). The Morgan fingerprint density at radius 2 is 1.72 bits per heavy atom. The summed E-state index contributed by atoms with van der Waals surface area (Å²) < 4.78 is 79.6. The van der Waals surface area contributed by atoms with E-state index in [1.54, 1.807) is 44.2 Å². The number of rotatable bonds is 7. The largest absolute Gasteiger partial charge is 0.488 e. The van der Waals surface area contributed by atoms with Crippen LogP contribution < -0.4 is 10.3 Å². The van der Waals surface area contributed by atoms with E-state index in [2.05, 4.69) is 0 Å². The van der Waals surface area contributed by atoms with Crippen molar-refractivity contribution in [1.29, 1.82) is 0 Å². The number of carbonyl (C=O) groups is 1. The molecule has 3 aromatic carbocycles.